The van der Waals surface area contributed by atoms with E-state index in [1.54, 1.807) is 31.2 Å². The van der Waals surface area contributed by atoms with Gasteiger partial charge in [0.05, 0.1) is 33.7 Å². The first-order valence-electron chi connectivity index (χ1n) is 14.4. The molecular formula is C32H50N2O6. The van der Waals surface area contributed by atoms with E-state index in [4.69, 9.17) is 14.6 Å². The molecule has 0 aliphatic heterocycles. The molecule has 0 spiro atoms. The first-order valence-corrected chi connectivity index (χ1v) is 14.4. The molecule has 8 heteroatoms. The first kappa shape index (κ1) is 35.1. The minimum absolute atomic E-state index is 0.0253. The number of likely N-dealkylation sites (N-methyl/N-ethyl adjacent to an activating group) is 1. The number of hydrogen-bond donors (Lipinski definition) is 1. The summed E-state index contributed by atoms with van der Waals surface area (Å²) in [6.07, 6.45) is 4.49. The van der Waals surface area contributed by atoms with Gasteiger partial charge in [-0.15, -0.1) is 0 Å². The highest BCUT2D eigenvalue weighted by Gasteiger charge is 2.15. The van der Waals surface area contributed by atoms with Gasteiger partial charge in [-0.25, -0.2) is 0 Å². The number of aliphatic hydroxyl groups excluding tert-OH is 1. The van der Waals surface area contributed by atoms with Crippen molar-refractivity contribution in [2.45, 2.75) is 58.5 Å². The Morgan fingerprint density at radius 2 is 1.60 bits per heavy atom. The van der Waals surface area contributed by atoms with E-state index in [1.807, 2.05) is 23.1 Å². The highest BCUT2D eigenvalue weighted by molar-refractivity contribution is 5.77. The summed E-state index contributed by atoms with van der Waals surface area (Å²) in [5.74, 6) is -0.681. The maximum Gasteiger partial charge on any atom is 0.260 e. The van der Waals surface area contributed by atoms with E-state index in [1.165, 1.54) is 12.0 Å². The molecular weight excluding hydrogens is 508 g/mol. The van der Waals surface area contributed by atoms with Crippen molar-refractivity contribution in [2.24, 2.45) is 0 Å². The van der Waals surface area contributed by atoms with Gasteiger partial charge in [0.2, 0.25) is 0 Å². The molecule has 0 saturated carbocycles. The van der Waals surface area contributed by atoms with Crippen LogP contribution >= 0.6 is 0 Å². The number of nitrogens with zero attached hydrogens (tertiary/aromatic N) is 2. The number of amides is 1. The Morgan fingerprint density at radius 1 is 0.925 bits per heavy atom. The maximum absolute atomic E-state index is 12.9. The topological polar surface area (TPSA) is 99.1 Å². The van der Waals surface area contributed by atoms with E-state index >= 15 is 0 Å². The Balaban J connectivity index is 0.00000101. The summed E-state index contributed by atoms with van der Waals surface area (Å²) in [6, 6.07) is 17.2. The van der Waals surface area contributed by atoms with Gasteiger partial charge in [-0.3, -0.25) is 4.79 Å². The highest BCUT2D eigenvalue weighted by atomic mass is 16.5. The third-order valence-corrected chi connectivity index (χ3v) is 6.26. The Kier molecular flexibility index (Phi) is 17.6. The quantitative estimate of drug-likeness (QED) is 0.223. The second-order valence-corrected chi connectivity index (χ2v) is 10.8. The third kappa shape index (κ3) is 16.2. The van der Waals surface area contributed by atoms with Crippen LogP contribution in [0.2, 0.25) is 0 Å². The van der Waals surface area contributed by atoms with Crippen molar-refractivity contribution in [3.63, 3.8) is 0 Å². The number of hydrogen-bond acceptors (Lipinski definition) is 6. The number of aliphatic carboxylic acids is 1. The van der Waals surface area contributed by atoms with E-state index in [9.17, 15) is 14.7 Å². The molecule has 2 rings (SSSR count). The molecule has 0 unspecified atom stereocenters. The maximum atomic E-state index is 12.9. The van der Waals surface area contributed by atoms with Crippen molar-refractivity contribution in [3.05, 3.63) is 65.7 Å². The first-order chi connectivity index (χ1) is 19.1. The number of aliphatic hydroxyl groups is 1. The molecule has 0 heterocycles. The van der Waals surface area contributed by atoms with Crippen molar-refractivity contribution in [2.75, 3.05) is 60.6 Å². The zero-order valence-electron chi connectivity index (χ0n) is 25.1. The molecule has 1 N–H and O–H groups in total. The lowest BCUT2D eigenvalue weighted by Crippen LogP contribution is -2.39. The minimum Gasteiger partial charge on any atom is -0.547 e. The molecule has 0 fully saturated rings. The Hall–Kier alpha value is -2.94. The summed E-state index contributed by atoms with van der Waals surface area (Å²) in [4.78, 5) is 25.9. The number of rotatable bonds is 18. The summed E-state index contributed by atoms with van der Waals surface area (Å²) in [5, 5.41) is 19.5. The molecule has 0 aliphatic rings. The summed E-state index contributed by atoms with van der Waals surface area (Å²) < 4.78 is 11.8. The second kappa shape index (κ2) is 20.0. The zero-order valence-corrected chi connectivity index (χ0v) is 25.1. The van der Waals surface area contributed by atoms with Crippen LogP contribution in [-0.2, 0) is 27.2 Å². The number of carboxylic acids is 1. The van der Waals surface area contributed by atoms with Gasteiger partial charge in [-0.2, -0.15) is 0 Å². The lowest BCUT2D eigenvalue weighted by Gasteiger charge is -2.23. The van der Waals surface area contributed by atoms with Crippen LogP contribution in [0.4, 0.5) is 0 Å². The van der Waals surface area contributed by atoms with Gasteiger partial charge in [0.15, 0.2) is 6.61 Å². The van der Waals surface area contributed by atoms with Crippen LogP contribution < -0.4 is 9.84 Å². The Bertz CT molecular complexity index is 944. The largest absolute Gasteiger partial charge is 0.547 e. The SMILES string of the molecule is CCCCCCN(CCc1ccccc1)C(=O)COc1ccc(C[C@H](OCC)C(=O)[O-])cc1.C[N+](C)(C)CCO. The molecule has 8 nitrogen and oxygen atoms in total. The number of benzene rings is 2. The van der Waals surface area contributed by atoms with E-state index < -0.39 is 12.1 Å². The van der Waals surface area contributed by atoms with Gasteiger partial charge in [0.25, 0.3) is 5.91 Å². The highest BCUT2D eigenvalue weighted by Crippen LogP contribution is 2.15. The molecule has 224 valence electrons. The van der Waals surface area contributed by atoms with E-state index in [0.29, 0.717) is 18.9 Å². The van der Waals surface area contributed by atoms with Crippen molar-refractivity contribution in [3.8, 4) is 5.75 Å². The fraction of sp³-hybridized carbons (Fsp3) is 0.562. The average molecular weight is 559 g/mol. The van der Waals surface area contributed by atoms with E-state index in [0.717, 1.165) is 48.8 Å². The van der Waals surface area contributed by atoms with E-state index in [-0.39, 0.29) is 25.5 Å². The normalized spacial score (nSPS) is 11.8. The number of quaternary nitrogens is 1. The number of carbonyl (C=O) groups is 2. The summed E-state index contributed by atoms with van der Waals surface area (Å²) in [7, 11) is 6.16. The van der Waals surface area contributed by atoms with Crippen LogP contribution in [0.25, 0.3) is 0 Å². The van der Waals surface area contributed by atoms with Crippen LogP contribution in [0, 0.1) is 0 Å². The number of unbranched alkanes of at least 4 members (excludes halogenated alkanes) is 3. The van der Waals surface area contributed by atoms with Crippen LogP contribution in [-0.4, -0.2) is 93.1 Å². The zero-order chi connectivity index (χ0) is 29.8. The van der Waals surface area contributed by atoms with Gasteiger partial charge >= 0.3 is 0 Å². The van der Waals surface area contributed by atoms with Gasteiger partial charge in [0, 0.05) is 26.1 Å². The molecule has 1 atom stereocenters. The smallest absolute Gasteiger partial charge is 0.260 e. The van der Waals surface area contributed by atoms with E-state index in [2.05, 4.69) is 40.2 Å². The predicted molar refractivity (Wildman–Crippen MR) is 157 cm³/mol. The fourth-order valence-electron chi connectivity index (χ4n) is 3.88. The average Bonchev–Trinajstić information content (AvgIpc) is 2.92. The van der Waals surface area contributed by atoms with Crippen LogP contribution in [0.3, 0.4) is 0 Å². The molecule has 0 aromatic heterocycles. The van der Waals surface area contributed by atoms with Gasteiger partial charge < -0.3 is 33.9 Å². The fourth-order valence-corrected chi connectivity index (χ4v) is 3.88. The molecule has 2 aromatic rings. The van der Waals surface area contributed by atoms with Crippen LogP contribution in [0.15, 0.2) is 54.6 Å². The number of carboxylic acid groups (broad SMARTS) is 1. The number of carbonyl (C=O) groups excluding carboxylic acids is 2. The van der Waals surface area contributed by atoms with Gasteiger partial charge in [-0.05, 0) is 43.0 Å². The second-order valence-electron chi connectivity index (χ2n) is 10.8. The molecule has 40 heavy (non-hydrogen) atoms. The lowest BCUT2D eigenvalue weighted by atomic mass is 10.1. The molecule has 0 aliphatic carbocycles. The summed E-state index contributed by atoms with van der Waals surface area (Å²) in [6.45, 7) is 6.71. The lowest BCUT2D eigenvalue weighted by molar-refractivity contribution is -0.870. The molecule has 0 saturated heterocycles. The van der Waals surface area contributed by atoms with Crippen LogP contribution in [0.1, 0.15) is 50.7 Å². The summed E-state index contributed by atoms with van der Waals surface area (Å²) in [5.41, 5.74) is 2.01. The van der Waals surface area contributed by atoms with Gasteiger partial charge in [-0.1, -0.05) is 68.7 Å². The van der Waals surface area contributed by atoms with Crippen LogP contribution in [0.5, 0.6) is 5.75 Å². The molecule has 0 bridgehead atoms. The monoisotopic (exact) mass is 558 g/mol. The Morgan fingerprint density at radius 3 is 2.12 bits per heavy atom. The number of ether oxygens (including phenoxy) is 2. The van der Waals surface area contributed by atoms with Crippen molar-refractivity contribution in [1.82, 2.24) is 4.90 Å². The standard InChI is InChI=1S/C27H37NO5.C5H14NO/c1-3-5-6-10-18-28(19-17-22-11-8-7-9-12-22)26(29)21-33-24-15-13-23(14-16-24)20-25(27(30)31)32-4-2;1-6(2,3)4-5-7/h7-9,11-16,25H,3-6,10,17-21H2,1-2H3,(H,30,31);7H,4-5H2,1-3H3/q;+1/p-1/t25-;/m0./s1. The van der Waals surface area contributed by atoms with Crippen molar-refractivity contribution < 1.29 is 33.8 Å². The summed E-state index contributed by atoms with van der Waals surface area (Å²) >= 11 is 0. The predicted octanol–water partition coefficient (Wildman–Crippen LogP) is 3.10. The third-order valence-electron chi connectivity index (χ3n) is 6.26. The Labute approximate surface area is 241 Å². The van der Waals surface area contributed by atoms with Crippen molar-refractivity contribution >= 4 is 11.9 Å². The van der Waals surface area contributed by atoms with Crippen molar-refractivity contribution in [1.29, 1.82) is 0 Å². The minimum atomic E-state index is -1.22. The molecule has 1 amide bonds. The van der Waals surface area contributed by atoms with Gasteiger partial charge in [0.1, 0.15) is 18.4 Å². The molecule has 2 aromatic carbocycles. The molecule has 0 radical (unpaired) electrons.